The monoisotopic (exact) mass is 287 g/mol. The summed E-state index contributed by atoms with van der Waals surface area (Å²) >= 11 is 0. The minimum Gasteiger partial charge on any atom is -0.444 e. The van der Waals surface area contributed by atoms with Crippen molar-refractivity contribution in [3.8, 4) is 0 Å². The van der Waals surface area contributed by atoms with Crippen LogP contribution in [-0.2, 0) is 9.53 Å². The molecule has 0 aliphatic heterocycles. The highest BCUT2D eigenvalue weighted by Gasteiger charge is 2.15. The van der Waals surface area contributed by atoms with Crippen LogP contribution in [0, 0.1) is 0 Å². The molecule has 0 aromatic heterocycles. The number of amides is 2. The predicted molar refractivity (Wildman–Crippen MR) is 79.6 cm³/mol. The van der Waals surface area contributed by atoms with Gasteiger partial charge in [0.1, 0.15) is 5.60 Å². The second kappa shape index (κ2) is 10.5. The molecule has 0 aliphatic rings. The van der Waals surface area contributed by atoms with Crippen molar-refractivity contribution in [1.29, 1.82) is 0 Å². The fourth-order valence-corrected chi connectivity index (χ4v) is 1.40. The molecule has 0 aromatic rings. The van der Waals surface area contributed by atoms with Crippen LogP contribution in [0.3, 0.4) is 0 Å². The van der Waals surface area contributed by atoms with Crippen molar-refractivity contribution in [3.63, 3.8) is 0 Å². The molecular formula is C14H29N3O3. The van der Waals surface area contributed by atoms with E-state index in [2.05, 4.69) is 16.0 Å². The van der Waals surface area contributed by atoms with Crippen LogP contribution in [0.1, 0.15) is 47.0 Å². The molecule has 0 spiro atoms. The van der Waals surface area contributed by atoms with Crippen LogP contribution in [0.15, 0.2) is 0 Å². The van der Waals surface area contributed by atoms with E-state index in [1.807, 2.05) is 27.7 Å². The van der Waals surface area contributed by atoms with Gasteiger partial charge in [-0.05, 0) is 40.2 Å². The topological polar surface area (TPSA) is 79.5 Å². The van der Waals surface area contributed by atoms with Crippen molar-refractivity contribution in [2.45, 2.75) is 52.6 Å². The summed E-state index contributed by atoms with van der Waals surface area (Å²) in [4.78, 5) is 22.6. The van der Waals surface area contributed by atoms with Crippen LogP contribution in [0.5, 0.6) is 0 Å². The lowest BCUT2D eigenvalue weighted by atomic mass is 10.2. The molecule has 0 heterocycles. The van der Waals surface area contributed by atoms with Gasteiger partial charge < -0.3 is 20.7 Å². The number of carbonyl (C=O) groups is 2. The molecule has 0 radical (unpaired) electrons. The van der Waals surface area contributed by atoms with Crippen molar-refractivity contribution >= 4 is 12.0 Å². The minimum absolute atomic E-state index is 0.0752. The van der Waals surface area contributed by atoms with Gasteiger partial charge in [-0.25, -0.2) is 4.79 Å². The first kappa shape index (κ1) is 18.7. The van der Waals surface area contributed by atoms with Crippen LogP contribution < -0.4 is 16.0 Å². The fraction of sp³-hybridized carbons (Fsp3) is 0.857. The normalized spacial score (nSPS) is 11.0. The molecule has 0 atom stereocenters. The Morgan fingerprint density at radius 2 is 1.70 bits per heavy atom. The van der Waals surface area contributed by atoms with Crippen molar-refractivity contribution in [1.82, 2.24) is 16.0 Å². The summed E-state index contributed by atoms with van der Waals surface area (Å²) in [6, 6.07) is 0. The van der Waals surface area contributed by atoms with E-state index in [4.69, 9.17) is 4.74 Å². The molecular weight excluding hydrogens is 258 g/mol. The number of carbonyl (C=O) groups excluding carboxylic acids is 2. The van der Waals surface area contributed by atoms with Gasteiger partial charge in [0, 0.05) is 26.1 Å². The molecule has 0 unspecified atom stereocenters. The highest BCUT2D eigenvalue weighted by Crippen LogP contribution is 2.06. The molecule has 0 saturated heterocycles. The maximum atomic E-state index is 11.3. The van der Waals surface area contributed by atoms with Crippen LogP contribution in [-0.4, -0.2) is 43.8 Å². The highest BCUT2D eigenvalue weighted by atomic mass is 16.6. The summed E-state index contributed by atoms with van der Waals surface area (Å²) in [5.74, 6) is 0.0752. The number of nitrogens with one attached hydrogen (secondary N) is 3. The maximum Gasteiger partial charge on any atom is 0.407 e. The molecule has 0 rings (SSSR count). The molecule has 0 bridgehead atoms. The van der Waals surface area contributed by atoms with Gasteiger partial charge in [0.2, 0.25) is 5.91 Å². The zero-order valence-corrected chi connectivity index (χ0v) is 13.2. The van der Waals surface area contributed by atoms with Crippen molar-refractivity contribution in [2.24, 2.45) is 0 Å². The van der Waals surface area contributed by atoms with Crippen LogP contribution >= 0.6 is 0 Å². The quantitative estimate of drug-likeness (QED) is 0.560. The van der Waals surface area contributed by atoms with Gasteiger partial charge in [0.05, 0.1) is 0 Å². The fourth-order valence-electron chi connectivity index (χ4n) is 1.40. The van der Waals surface area contributed by atoms with Gasteiger partial charge in [-0.1, -0.05) is 6.92 Å². The highest BCUT2D eigenvalue weighted by molar-refractivity contribution is 5.75. The lowest BCUT2D eigenvalue weighted by Crippen LogP contribution is -2.34. The Hall–Kier alpha value is -1.30. The summed E-state index contributed by atoms with van der Waals surface area (Å²) in [6.45, 7) is 10.2. The molecule has 0 saturated carbocycles. The summed E-state index contributed by atoms with van der Waals surface area (Å²) in [5.41, 5.74) is -0.464. The molecule has 0 fully saturated rings. The molecule has 20 heavy (non-hydrogen) atoms. The van der Waals surface area contributed by atoms with Crippen LogP contribution in [0.4, 0.5) is 4.79 Å². The van der Waals surface area contributed by atoms with Gasteiger partial charge >= 0.3 is 6.09 Å². The third kappa shape index (κ3) is 13.1. The van der Waals surface area contributed by atoms with E-state index in [0.717, 1.165) is 25.9 Å². The smallest absolute Gasteiger partial charge is 0.407 e. The number of rotatable bonds is 9. The van der Waals surface area contributed by atoms with E-state index < -0.39 is 11.7 Å². The molecule has 6 nitrogen and oxygen atoms in total. The Bertz CT molecular complexity index is 288. The molecule has 3 N–H and O–H groups in total. The van der Waals surface area contributed by atoms with E-state index in [-0.39, 0.29) is 5.91 Å². The van der Waals surface area contributed by atoms with Gasteiger partial charge in [0.25, 0.3) is 0 Å². The SMILES string of the molecule is CCCNC(=O)CCNCCCNC(=O)OC(C)(C)C. The summed E-state index contributed by atoms with van der Waals surface area (Å²) in [7, 11) is 0. The van der Waals surface area contributed by atoms with E-state index in [1.54, 1.807) is 0 Å². The molecule has 118 valence electrons. The summed E-state index contributed by atoms with van der Waals surface area (Å²) in [6.07, 6.45) is 1.85. The average Bonchev–Trinajstić information content (AvgIpc) is 2.33. The number of ether oxygens (including phenoxy) is 1. The Balaban J connectivity index is 3.37. The van der Waals surface area contributed by atoms with Gasteiger partial charge in [-0.3, -0.25) is 4.79 Å². The van der Waals surface area contributed by atoms with E-state index >= 15 is 0 Å². The van der Waals surface area contributed by atoms with E-state index in [1.165, 1.54) is 0 Å². The number of hydrogen-bond donors (Lipinski definition) is 3. The second-order valence-corrected chi connectivity index (χ2v) is 5.63. The lowest BCUT2D eigenvalue weighted by molar-refractivity contribution is -0.120. The van der Waals surface area contributed by atoms with Gasteiger partial charge in [-0.15, -0.1) is 0 Å². The molecule has 2 amide bonds. The average molecular weight is 287 g/mol. The standard InChI is InChI=1S/C14H29N3O3/c1-5-8-16-12(18)7-11-15-9-6-10-17-13(19)20-14(2,3)4/h15H,5-11H2,1-4H3,(H,16,18)(H,17,19). The van der Waals surface area contributed by atoms with E-state index in [0.29, 0.717) is 19.5 Å². The molecule has 0 aromatic carbocycles. The first-order valence-electron chi connectivity index (χ1n) is 7.29. The zero-order valence-electron chi connectivity index (χ0n) is 13.2. The first-order chi connectivity index (χ1) is 9.35. The van der Waals surface area contributed by atoms with E-state index in [9.17, 15) is 9.59 Å². The molecule has 0 aliphatic carbocycles. The second-order valence-electron chi connectivity index (χ2n) is 5.63. The van der Waals surface area contributed by atoms with Crippen molar-refractivity contribution < 1.29 is 14.3 Å². The third-order valence-electron chi connectivity index (χ3n) is 2.30. The largest absolute Gasteiger partial charge is 0.444 e. The Morgan fingerprint density at radius 3 is 2.30 bits per heavy atom. The third-order valence-corrected chi connectivity index (χ3v) is 2.30. The number of hydrogen-bond acceptors (Lipinski definition) is 4. The Morgan fingerprint density at radius 1 is 1.00 bits per heavy atom. The summed E-state index contributed by atoms with van der Waals surface area (Å²) in [5, 5.41) is 8.67. The zero-order chi connectivity index (χ0) is 15.4. The van der Waals surface area contributed by atoms with Crippen molar-refractivity contribution in [2.75, 3.05) is 26.2 Å². The number of alkyl carbamates (subject to hydrolysis) is 1. The lowest BCUT2D eigenvalue weighted by Gasteiger charge is -2.19. The van der Waals surface area contributed by atoms with Crippen LogP contribution in [0.25, 0.3) is 0 Å². The minimum atomic E-state index is -0.464. The van der Waals surface area contributed by atoms with Crippen molar-refractivity contribution in [3.05, 3.63) is 0 Å². The first-order valence-corrected chi connectivity index (χ1v) is 7.29. The molecule has 6 heteroatoms. The predicted octanol–water partition coefficient (Wildman–Crippen LogP) is 1.41. The van der Waals surface area contributed by atoms with Crippen LogP contribution in [0.2, 0.25) is 0 Å². The Kier molecular flexibility index (Phi) is 9.80. The van der Waals surface area contributed by atoms with Gasteiger partial charge in [-0.2, -0.15) is 0 Å². The summed E-state index contributed by atoms with van der Waals surface area (Å²) < 4.78 is 5.11. The maximum absolute atomic E-state index is 11.3. The van der Waals surface area contributed by atoms with Gasteiger partial charge in [0.15, 0.2) is 0 Å². The Labute approximate surface area is 122 Å².